The third-order valence-electron chi connectivity index (χ3n) is 5.71. The molecule has 1 aliphatic heterocycles. The molecule has 0 unspecified atom stereocenters. The second-order valence-corrected chi connectivity index (χ2v) is 7.49. The molecule has 2 aromatic rings. The zero-order chi connectivity index (χ0) is 16.6. The lowest BCUT2D eigenvalue weighted by Crippen LogP contribution is -2.33. The summed E-state index contributed by atoms with van der Waals surface area (Å²) < 4.78 is 6.26. The van der Waals surface area contributed by atoms with E-state index < -0.39 is 5.50 Å². The molecular weight excluding hydrogens is 291 g/mol. The molecule has 0 fully saturated rings. The number of hydrogen-bond acceptors (Lipinski definition) is 1. The van der Waals surface area contributed by atoms with Gasteiger partial charge in [0.1, 0.15) is 13.6 Å². The number of ether oxygens (including phenoxy) is 1. The van der Waals surface area contributed by atoms with Crippen LogP contribution < -0.4 is 4.74 Å². The molecule has 0 amide bonds. The third kappa shape index (κ3) is 1.72. The fraction of sp³-hybridized carbons (Fsp3) is 0.273. The van der Waals surface area contributed by atoms with Gasteiger partial charge < -0.3 is 4.74 Å². The van der Waals surface area contributed by atoms with Gasteiger partial charge in [-0.3, -0.25) is 0 Å². The summed E-state index contributed by atoms with van der Waals surface area (Å²) in [5, 5.41) is 0. The van der Waals surface area contributed by atoms with Gasteiger partial charge in [-0.2, -0.15) is 0 Å². The van der Waals surface area contributed by atoms with Crippen molar-refractivity contribution in [2.24, 2.45) is 0 Å². The first-order valence-corrected chi connectivity index (χ1v) is 8.60. The molecule has 0 aromatic heterocycles. The van der Waals surface area contributed by atoms with E-state index in [4.69, 9.17) is 12.6 Å². The molecule has 1 nitrogen and oxygen atoms in total. The zero-order valence-electron chi connectivity index (χ0n) is 14.4. The SMILES string of the molecule is [B][C@]1(C)C=Cc2c3c(c4c(c2O1)Cc1ccccc1-4)C(C)=C(C)C3. The van der Waals surface area contributed by atoms with Gasteiger partial charge in [-0.05, 0) is 60.6 Å². The zero-order valence-corrected chi connectivity index (χ0v) is 14.4. The maximum absolute atomic E-state index is 6.27. The van der Waals surface area contributed by atoms with Gasteiger partial charge in [-0.25, -0.2) is 0 Å². The third-order valence-corrected chi connectivity index (χ3v) is 5.71. The van der Waals surface area contributed by atoms with E-state index in [1.165, 1.54) is 50.1 Å². The highest BCUT2D eigenvalue weighted by atomic mass is 16.5. The Labute approximate surface area is 144 Å². The molecule has 116 valence electrons. The highest BCUT2D eigenvalue weighted by molar-refractivity contribution is 6.16. The maximum Gasteiger partial charge on any atom is 0.137 e. The van der Waals surface area contributed by atoms with Gasteiger partial charge in [-0.15, -0.1) is 0 Å². The van der Waals surface area contributed by atoms with E-state index in [9.17, 15) is 0 Å². The number of fused-ring (bicyclic) bond motifs is 8. The lowest BCUT2D eigenvalue weighted by atomic mass is 9.79. The van der Waals surface area contributed by atoms with E-state index in [-0.39, 0.29) is 0 Å². The molecular formula is C22H19BO. The van der Waals surface area contributed by atoms with Crippen molar-refractivity contribution in [2.45, 2.75) is 39.1 Å². The van der Waals surface area contributed by atoms with Crippen LogP contribution in [0.2, 0.25) is 0 Å². The van der Waals surface area contributed by atoms with Crippen LogP contribution in [0.25, 0.3) is 22.8 Å². The molecule has 5 rings (SSSR count). The Morgan fingerprint density at radius 2 is 1.83 bits per heavy atom. The lowest BCUT2D eigenvalue weighted by molar-refractivity contribution is 0.222. The van der Waals surface area contributed by atoms with Crippen LogP contribution in [-0.4, -0.2) is 13.3 Å². The molecule has 0 spiro atoms. The summed E-state index contributed by atoms with van der Waals surface area (Å²) in [7, 11) is 6.27. The first kappa shape index (κ1) is 14.2. The second kappa shape index (κ2) is 4.44. The minimum Gasteiger partial charge on any atom is -0.493 e. The summed E-state index contributed by atoms with van der Waals surface area (Å²) in [5.74, 6) is 0.995. The molecule has 2 heteroatoms. The predicted octanol–water partition coefficient (Wildman–Crippen LogP) is 4.90. The van der Waals surface area contributed by atoms with Crippen LogP contribution in [-0.2, 0) is 12.8 Å². The summed E-state index contributed by atoms with van der Waals surface area (Å²) >= 11 is 0. The largest absolute Gasteiger partial charge is 0.493 e. The lowest BCUT2D eigenvalue weighted by Gasteiger charge is -2.32. The van der Waals surface area contributed by atoms with E-state index >= 15 is 0 Å². The highest BCUT2D eigenvalue weighted by Crippen LogP contribution is 2.53. The van der Waals surface area contributed by atoms with Crippen molar-refractivity contribution in [3.8, 4) is 16.9 Å². The Kier molecular flexibility index (Phi) is 2.62. The standard InChI is InChI=1S/C22H19BO/c1-12-10-17-16-8-9-22(3,23)24-21(16)18-11-14-6-4-5-7-15(14)20(18)19(17)13(12)2/h4-9H,10-11H2,1-3H3/t22-/m0/s1. The number of benzene rings is 2. The molecule has 1 atom stereocenters. The summed E-state index contributed by atoms with van der Waals surface area (Å²) in [4.78, 5) is 0. The maximum atomic E-state index is 6.27. The normalized spacial score (nSPS) is 22.8. The highest BCUT2D eigenvalue weighted by Gasteiger charge is 2.36. The summed E-state index contributed by atoms with van der Waals surface area (Å²) in [6.45, 7) is 6.42. The summed E-state index contributed by atoms with van der Waals surface area (Å²) in [6, 6.07) is 8.73. The van der Waals surface area contributed by atoms with Crippen LogP contribution in [0.3, 0.4) is 0 Å². The quantitative estimate of drug-likeness (QED) is 0.537. The Morgan fingerprint density at radius 3 is 2.67 bits per heavy atom. The molecule has 0 saturated carbocycles. The van der Waals surface area contributed by atoms with E-state index in [0.29, 0.717) is 0 Å². The van der Waals surface area contributed by atoms with Gasteiger partial charge >= 0.3 is 0 Å². The van der Waals surface area contributed by atoms with Crippen molar-refractivity contribution >= 4 is 19.5 Å². The van der Waals surface area contributed by atoms with Crippen LogP contribution in [0.5, 0.6) is 5.75 Å². The Bertz CT molecular complexity index is 976. The number of allylic oxidation sites excluding steroid dienone is 2. The minimum atomic E-state index is -0.736. The van der Waals surface area contributed by atoms with E-state index in [1.54, 1.807) is 0 Å². The Morgan fingerprint density at radius 1 is 1.04 bits per heavy atom. The minimum absolute atomic E-state index is 0.736. The molecule has 24 heavy (non-hydrogen) atoms. The van der Waals surface area contributed by atoms with E-state index in [2.05, 4.69) is 44.2 Å². The van der Waals surface area contributed by atoms with Gasteiger partial charge in [0.15, 0.2) is 0 Å². The summed E-state index contributed by atoms with van der Waals surface area (Å²) in [6.07, 6.45) is 6.09. The van der Waals surface area contributed by atoms with Gasteiger partial charge in [0.25, 0.3) is 0 Å². The first-order chi connectivity index (χ1) is 11.5. The number of rotatable bonds is 0. The van der Waals surface area contributed by atoms with Crippen molar-refractivity contribution in [2.75, 3.05) is 0 Å². The average Bonchev–Trinajstić information content (AvgIpc) is 3.06. The fourth-order valence-electron chi connectivity index (χ4n) is 4.43. The van der Waals surface area contributed by atoms with Crippen molar-refractivity contribution in [3.63, 3.8) is 0 Å². The van der Waals surface area contributed by atoms with Gasteiger partial charge in [0.05, 0.1) is 5.50 Å². The molecule has 1 heterocycles. The topological polar surface area (TPSA) is 9.23 Å². The fourth-order valence-corrected chi connectivity index (χ4v) is 4.43. The molecule has 0 bridgehead atoms. The van der Waals surface area contributed by atoms with Gasteiger partial charge in [-0.1, -0.05) is 42.0 Å². The van der Waals surface area contributed by atoms with Crippen molar-refractivity contribution in [1.82, 2.24) is 0 Å². The molecule has 0 N–H and O–H groups in total. The van der Waals surface area contributed by atoms with Crippen molar-refractivity contribution in [1.29, 1.82) is 0 Å². The van der Waals surface area contributed by atoms with Crippen molar-refractivity contribution in [3.05, 3.63) is 63.7 Å². The van der Waals surface area contributed by atoms with Gasteiger partial charge in [0.2, 0.25) is 0 Å². The average molecular weight is 310 g/mol. The van der Waals surface area contributed by atoms with Crippen LogP contribution in [0, 0.1) is 0 Å². The molecule has 2 radical (unpaired) electrons. The summed E-state index contributed by atoms with van der Waals surface area (Å²) in [5.41, 5.74) is 11.6. The number of hydrogen-bond donors (Lipinski definition) is 0. The molecule has 3 aliphatic rings. The van der Waals surface area contributed by atoms with Crippen LogP contribution in [0.15, 0.2) is 35.9 Å². The predicted molar refractivity (Wildman–Crippen MR) is 100 cm³/mol. The molecule has 2 aliphatic carbocycles. The van der Waals surface area contributed by atoms with Crippen LogP contribution in [0.4, 0.5) is 0 Å². The Hall–Kier alpha value is -2.22. The molecule has 0 saturated heterocycles. The Balaban J connectivity index is 1.90. The van der Waals surface area contributed by atoms with Crippen LogP contribution in [0.1, 0.15) is 48.6 Å². The van der Waals surface area contributed by atoms with E-state index in [1.807, 2.05) is 13.0 Å². The molecule has 2 aromatic carbocycles. The van der Waals surface area contributed by atoms with Gasteiger partial charge in [0, 0.05) is 17.5 Å². The van der Waals surface area contributed by atoms with Crippen molar-refractivity contribution < 1.29 is 4.74 Å². The first-order valence-electron chi connectivity index (χ1n) is 8.60. The second-order valence-electron chi connectivity index (χ2n) is 7.49. The monoisotopic (exact) mass is 310 g/mol. The van der Waals surface area contributed by atoms with Crippen LogP contribution >= 0.6 is 0 Å². The van der Waals surface area contributed by atoms with E-state index in [0.717, 1.165) is 18.6 Å². The smallest absolute Gasteiger partial charge is 0.137 e.